The van der Waals surface area contributed by atoms with Crippen LogP contribution in [0.2, 0.25) is 0 Å². The van der Waals surface area contributed by atoms with Gasteiger partial charge in [-0.15, -0.1) is 0 Å². The van der Waals surface area contributed by atoms with Gasteiger partial charge in [-0.05, 0) is 0 Å². The SMILES string of the molecule is CC(=O)OC[C@H]1O[C@@H](O[C@H]2[C@H](OC(C)=O)[C@@H](OC(C)=O)[C@H](O[C@H]3[C@H](OC(C)=O)[C@@H](OC(C)=O)[C@H](O[C@H]4[C@H](OC(C)=O)[C@@H](OC(C)=O)[C@H](O[C@@H]5[C@@H](F)[C@H](F)O[C@H](COC(C)=O)[C@H]5OC(C)=O)O[C@@H]4COC(C)=O)O[C@@H]3COC(C)=O)O[C@@H]2COC(C)=O)[C@H](OC(C)=O)[C@@H](OC(C)=O)[C@@H]1OC(C)=O. The first-order valence-electron chi connectivity index (χ1n) is 30.8. The molecule has 0 spiro atoms. The smallest absolute Gasteiger partial charge is 0.303 e. The molecule has 41 heteroatoms. The van der Waals surface area contributed by atoms with Gasteiger partial charge in [-0.25, -0.2) is 8.78 Å². The Hall–Kier alpha value is -8.45. The summed E-state index contributed by atoms with van der Waals surface area (Å²) in [6.45, 7) is 8.64. The Labute approximate surface area is 573 Å². The highest BCUT2D eigenvalue weighted by Crippen LogP contribution is 2.41. The summed E-state index contributed by atoms with van der Waals surface area (Å²) in [5, 5.41) is 0. The minimum absolute atomic E-state index is 0.790. The zero-order valence-corrected chi connectivity index (χ0v) is 57.1. The van der Waals surface area contributed by atoms with Crippen molar-refractivity contribution in [2.45, 2.75) is 258 Å². The minimum Gasteiger partial charge on any atom is -0.463 e. The Morgan fingerprint density at radius 1 is 0.218 bits per heavy atom. The first kappa shape index (κ1) is 83.2. The molecule has 0 aromatic carbocycles. The number of esters is 15. The van der Waals surface area contributed by atoms with Crippen molar-refractivity contribution in [2.75, 3.05) is 33.0 Å². The largest absolute Gasteiger partial charge is 0.463 e. The van der Waals surface area contributed by atoms with Gasteiger partial charge in [0.2, 0.25) is 6.36 Å². The molecule has 0 aromatic heterocycles. The van der Waals surface area contributed by atoms with Gasteiger partial charge in [0.15, 0.2) is 92.4 Å². The van der Waals surface area contributed by atoms with Crippen LogP contribution in [0.15, 0.2) is 0 Å². The van der Waals surface area contributed by atoms with Crippen LogP contribution < -0.4 is 0 Å². The molecule has 101 heavy (non-hydrogen) atoms. The van der Waals surface area contributed by atoms with E-state index in [1.807, 2.05) is 0 Å². The summed E-state index contributed by atoms with van der Waals surface area (Å²) in [5.74, 6) is -16.7. The number of rotatable bonds is 28. The third kappa shape index (κ3) is 24.7. The normalized spacial score (nSPS) is 33.7. The number of carbonyl (C=O) groups excluding carboxylic acids is 15. The van der Waals surface area contributed by atoms with E-state index in [1.54, 1.807) is 0 Å². The molecule has 5 aliphatic rings. The van der Waals surface area contributed by atoms with Gasteiger partial charge < -0.3 is 114 Å². The molecule has 0 aliphatic carbocycles. The van der Waals surface area contributed by atoms with E-state index in [0.717, 1.165) is 104 Å². The van der Waals surface area contributed by atoms with Gasteiger partial charge >= 0.3 is 89.5 Å². The quantitative estimate of drug-likeness (QED) is 0.0641. The van der Waals surface area contributed by atoms with Crippen LogP contribution in [0.25, 0.3) is 0 Å². The molecule has 5 saturated heterocycles. The van der Waals surface area contributed by atoms with Crippen molar-refractivity contribution in [3.05, 3.63) is 0 Å². The number of ether oxygens (including phenoxy) is 24. The average Bonchev–Trinajstić information content (AvgIpc) is 0.761. The first-order chi connectivity index (χ1) is 47.2. The summed E-state index contributed by atoms with van der Waals surface area (Å²) in [4.78, 5) is 193. The zero-order chi connectivity index (χ0) is 75.6. The topological polar surface area (TPSA) is 478 Å². The molecule has 5 rings (SSSR count). The molecular formula is C60H80F2O39. The molecule has 0 aromatic rings. The van der Waals surface area contributed by atoms with Gasteiger partial charge in [-0.3, -0.25) is 71.9 Å². The van der Waals surface area contributed by atoms with Crippen molar-refractivity contribution >= 4 is 89.5 Å². The Bertz CT molecular complexity index is 3000. The monoisotopic (exact) mass is 1460 g/mol. The standard InChI is InChI=1S/C60H80F2O39/c1-21(63)78-16-36-42(83-26(6)68)47(41(61)56(62)93-36)101-60-55(92-35(15)77)51(88-31(11)73)46(40(97-60)20-82-25(5)67)100-59-54(91-34(14)76)50(87-30(10)72)45(39(96-59)19-81-24(4)66)99-58-53(90-33(13)75)49(86-29(9)71)44(38(95-58)18-80-23(3)65)98-57-52(89-32(12)74)48(85-28(8)70)43(84-27(7)69)37(94-57)17-79-22(2)64/h36-60H,16-20H2,1-15H3/t36-,37-,38-,39-,40-,41-,42-,43-,44-,45-,46-,47-,48+,49+,50+,51+,52-,53-,54-,55-,56-,57+,58+,59+,60+/m1/s1. The summed E-state index contributed by atoms with van der Waals surface area (Å²) in [6, 6.07) is 0. The third-order valence-electron chi connectivity index (χ3n) is 14.4. The van der Waals surface area contributed by atoms with E-state index in [2.05, 4.69) is 0 Å². The lowest BCUT2D eigenvalue weighted by Crippen LogP contribution is -2.70. The molecule has 5 aliphatic heterocycles. The maximum absolute atomic E-state index is 16.3. The number of hydrogen-bond donors (Lipinski definition) is 0. The maximum Gasteiger partial charge on any atom is 0.303 e. The van der Waals surface area contributed by atoms with Crippen molar-refractivity contribution in [3.63, 3.8) is 0 Å². The highest BCUT2D eigenvalue weighted by Gasteiger charge is 2.63. The minimum atomic E-state index is -2.92. The second-order valence-corrected chi connectivity index (χ2v) is 22.8. The molecule has 5 heterocycles. The van der Waals surface area contributed by atoms with Crippen LogP contribution >= 0.6 is 0 Å². The second kappa shape index (κ2) is 38.0. The molecule has 5 fully saturated rings. The third-order valence-corrected chi connectivity index (χ3v) is 14.4. The van der Waals surface area contributed by atoms with Crippen LogP contribution in [-0.2, 0) is 186 Å². The fourth-order valence-electron chi connectivity index (χ4n) is 11.0. The fraction of sp³-hybridized carbons (Fsp3) is 0.750. The Morgan fingerprint density at radius 2 is 0.386 bits per heavy atom. The van der Waals surface area contributed by atoms with Gasteiger partial charge in [-0.1, -0.05) is 0 Å². The van der Waals surface area contributed by atoms with Crippen molar-refractivity contribution in [1.29, 1.82) is 0 Å². The van der Waals surface area contributed by atoms with E-state index in [0.29, 0.717) is 0 Å². The van der Waals surface area contributed by atoms with Crippen molar-refractivity contribution in [3.8, 4) is 0 Å². The molecule has 0 unspecified atom stereocenters. The number of alkyl halides is 2. The van der Waals surface area contributed by atoms with Gasteiger partial charge in [-0.2, -0.15) is 0 Å². The van der Waals surface area contributed by atoms with Gasteiger partial charge in [0.25, 0.3) is 0 Å². The van der Waals surface area contributed by atoms with Crippen LogP contribution in [0.1, 0.15) is 104 Å². The molecule has 0 N–H and O–H groups in total. The predicted molar refractivity (Wildman–Crippen MR) is 308 cm³/mol. The molecule has 25 atom stereocenters. The molecular weight excluding hydrogens is 1380 g/mol. The summed E-state index contributed by atoms with van der Waals surface area (Å²) < 4.78 is 170. The molecule has 568 valence electrons. The second-order valence-electron chi connectivity index (χ2n) is 22.8. The van der Waals surface area contributed by atoms with Crippen LogP contribution in [-0.4, -0.2) is 276 Å². The molecule has 0 radical (unpaired) electrons. The molecule has 39 nitrogen and oxygen atoms in total. The Kier molecular flexibility index (Phi) is 31.3. The average molecular weight is 1460 g/mol. The highest BCUT2D eigenvalue weighted by atomic mass is 19.2. The van der Waals surface area contributed by atoms with Gasteiger partial charge in [0.1, 0.15) is 88.0 Å². The highest BCUT2D eigenvalue weighted by molar-refractivity contribution is 5.71. The lowest BCUT2D eigenvalue weighted by Gasteiger charge is -2.51. The van der Waals surface area contributed by atoms with Crippen LogP contribution in [0.4, 0.5) is 8.78 Å². The number of halogens is 2. The van der Waals surface area contributed by atoms with Crippen molar-refractivity contribution in [1.82, 2.24) is 0 Å². The lowest BCUT2D eigenvalue weighted by molar-refractivity contribution is -0.392. The van der Waals surface area contributed by atoms with Crippen LogP contribution in [0.3, 0.4) is 0 Å². The first-order valence-corrected chi connectivity index (χ1v) is 30.8. The number of hydrogen-bond acceptors (Lipinski definition) is 39. The zero-order valence-electron chi connectivity index (χ0n) is 57.1. The lowest BCUT2D eigenvalue weighted by atomic mass is 9.94. The molecule has 0 bridgehead atoms. The van der Waals surface area contributed by atoms with E-state index in [1.165, 1.54) is 0 Å². The van der Waals surface area contributed by atoms with E-state index >= 15 is 8.78 Å². The van der Waals surface area contributed by atoms with Crippen LogP contribution in [0, 0.1) is 0 Å². The number of carbonyl (C=O) groups is 15. The molecule has 0 saturated carbocycles. The Morgan fingerprint density at radius 3 is 0.604 bits per heavy atom. The maximum atomic E-state index is 16.3. The van der Waals surface area contributed by atoms with Gasteiger partial charge in [0.05, 0.1) is 0 Å². The summed E-state index contributed by atoms with van der Waals surface area (Å²) in [6.07, 6.45) is -54.1. The predicted octanol–water partition coefficient (Wildman–Crippen LogP) is -1.41. The van der Waals surface area contributed by atoms with Crippen molar-refractivity contribution in [2.24, 2.45) is 0 Å². The van der Waals surface area contributed by atoms with Gasteiger partial charge in [0, 0.05) is 104 Å². The summed E-state index contributed by atoms with van der Waals surface area (Å²) in [5.41, 5.74) is 0. The van der Waals surface area contributed by atoms with E-state index in [9.17, 15) is 71.9 Å². The molecule has 0 amide bonds. The van der Waals surface area contributed by atoms with Crippen molar-refractivity contribution < 1.29 is 194 Å². The summed E-state index contributed by atoms with van der Waals surface area (Å²) >= 11 is 0. The Balaban J connectivity index is 1.71. The van der Waals surface area contributed by atoms with E-state index in [-0.39, 0.29) is 0 Å². The fourth-order valence-corrected chi connectivity index (χ4v) is 11.0. The van der Waals surface area contributed by atoms with E-state index in [4.69, 9.17) is 114 Å². The van der Waals surface area contributed by atoms with E-state index < -0.39 is 276 Å². The summed E-state index contributed by atoms with van der Waals surface area (Å²) in [7, 11) is 0. The van der Waals surface area contributed by atoms with Crippen LogP contribution in [0.5, 0.6) is 0 Å².